The molecule has 6 nitrogen and oxygen atoms in total. The SMILES string of the molecule is Fc1ccc(Nc2nc3cc(-c4nn[nH]n4)ccc3c3cscc23)cc1Cl. The number of H-pyrrole nitrogens is 1. The molecule has 5 rings (SSSR count). The summed E-state index contributed by atoms with van der Waals surface area (Å²) in [5, 5.41) is 24.6. The quantitative estimate of drug-likeness (QED) is 0.440. The van der Waals surface area contributed by atoms with E-state index in [1.165, 1.54) is 12.1 Å². The van der Waals surface area contributed by atoms with E-state index in [-0.39, 0.29) is 5.02 Å². The number of aromatic amines is 1. The van der Waals surface area contributed by atoms with Crippen molar-refractivity contribution in [3.63, 3.8) is 0 Å². The van der Waals surface area contributed by atoms with Crippen molar-refractivity contribution in [3.8, 4) is 11.4 Å². The molecule has 3 heterocycles. The van der Waals surface area contributed by atoms with Crippen LogP contribution in [-0.2, 0) is 0 Å². The number of anilines is 2. The summed E-state index contributed by atoms with van der Waals surface area (Å²) in [7, 11) is 0. The van der Waals surface area contributed by atoms with Crippen molar-refractivity contribution >= 4 is 56.1 Å². The van der Waals surface area contributed by atoms with Gasteiger partial charge in [0, 0.05) is 32.8 Å². The number of benzene rings is 2. The Morgan fingerprint density at radius 2 is 1.93 bits per heavy atom. The van der Waals surface area contributed by atoms with Crippen molar-refractivity contribution in [2.75, 3.05) is 5.32 Å². The van der Waals surface area contributed by atoms with Crippen LogP contribution in [0.3, 0.4) is 0 Å². The molecule has 0 saturated heterocycles. The number of hydrogen-bond donors (Lipinski definition) is 2. The highest BCUT2D eigenvalue weighted by Crippen LogP contribution is 2.35. The summed E-state index contributed by atoms with van der Waals surface area (Å²) in [5.74, 6) is 0.717. The van der Waals surface area contributed by atoms with Gasteiger partial charge >= 0.3 is 0 Å². The predicted octanol–water partition coefficient (Wildman–Crippen LogP) is 5.17. The predicted molar refractivity (Wildman–Crippen MR) is 105 cm³/mol. The molecule has 0 saturated carbocycles. The Hall–Kier alpha value is -3.10. The fourth-order valence-corrected chi connectivity index (χ4v) is 3.96. The highest BCUT2D eigenvalue weighted by molar-refractivity contribution is 7.09. The molecule has 2 aromatic carbocycles. The zero-order valence-corrected chi connectivity index (χ0v) is 15.1. The van der Waals surface area contributed by atoms with E-state index in [1.807, 2.05) is 23.6 Å². The smallest absolute Gasteiger partial charge is 0.204 e. The van der Waals surface area contributed by atoms with Crippen LogP contribution in [0.2, 0.25) is 5.02 Å². The minimum atomic E-state index is -0.459. The van der Waals surface area contributed by atoms with Crippen molar-refractivity contribution in [2.24, 2.45) is 0 Å². The van der Waals surface area contributed by atoms with Gasteiger partial charge in [0.05, 0.1) is 10.5 Å². The van der Waals surface area contributed by atoms with Gasteiger partial charge < -0.3 is 5.32 Å². The van der Waals surface area contributed by atoms with Crippen LogP contribution in [0, 0.1) is 5.82 Å². The number of nitrogens with one attached hydrogen (secondary N) is 2. The van der Waals surface area contributed by atoms with Gasteiger partial charge in [-0.1, -0.05) is 23.7 Å². The van der Waals surface area contributed by atoms with Crippen LogP contribution in [0.4, 0.5) is 15.9 Å². The molecular formula is C18H10ClFN6S. The molecule has 0 atom stereocenters. The molecule has 132 valence electrons. The Kier molecular flexibility index (Phi) is 3.73. The summed E-state index contributed by atoms with van der Waals surface area (Å²) >= 11 is 7.49. The average Bonchev–Trinajstić information content (AvgIpc) is 3.36. The summed E-state index contributed by atoms with van der Waals surface area (Å²) in [4.78, 5) is 4.77. The monoisotopic (exact) mass is 396 g/mol. The van der Waals surface area contributed by atoms with Crippen LogP contribution in [0.15, 0.2) is 47.2 Å². The van der Waals surface area contributed by atoms with Gasteiger partial charge in [0.15, 0.2) is 0 Å². The average molecular weight is 397 g/mol. The number of tetrazole rings is 1. The number of rotatable bonds is 3. The first-order valence-corrected chi connectivity index (χ1v) is 9.27. The summed E-state index contributed by atoms with van der Waals surface area (Å²) in [6.07, 6.45) is 0. The van der Waals surface area contributed by atoms with E-state index >= 15 is 0 Å². The standard InChI is InChI=1S/C18H10ClFN6S/c19-14-6-10(2-4-15(14)20)21-18-13-8-27-7-12(13)11-3-1-9(5-16(11)22-18)17-23-25-26-24-17/h1-8H,(H,21,22)(H,23,24,25,26). The first kappa shape index (κ1) is 16.1. The van der Waals surface area contributed by atoms with Crippen LogP contribution >= 0.6 is 22.9 Å². The van der Waals surface area contributed by atoms with Crippen LogP contribution in [0.1, 0.15) is 0 Å². The molecule has 0 amide bonds. The molecule has 0 fully saturated rings. The van der Waals surface area contributed by atoms with Gasteiger partial charge in [-0.05, 0) is 34.9 Å². The largest absolute Gasteiger partial charge is 0.340 e. The summed E-state index contributed by atoms with van der Waals surface area (Å²) in [6, 6.07) is 10.4. The topological polar surface area (TPSA) is 79.4 Å². The molecule has 0 aliphatic rings. The lowest BCUT2D eigenvalue weighted by atomic mass is 10.1. The van der Waals surface area contributed by atoms with Gasteiger partial charge in [0.2, 0.25) is 5.82 Å². The summed E-state index contributed by atoms with van der Waals surface area (Å²) in [5.41, 5.74) is 2.27. The third kappa shape index (κ3) is 2.79. The van der Waals surface area contributed by atoms with Crippen molar-refractivity contribution in [1.29, 1.82) is 0 Å². The van der Waals surface area contributed by atoms with E-state index in [9.17, 15) is 4.39 Å². The Bertz CT molecular complexity index is 1280. The second-order valence-corrected chi connectivity index (χ2v) is 7.03. The van der Waals surface area contributed by atoms with Crippen LogP contribution < -0.4 is 5.32 Å². The number of aromatic nitrogens is 5. The Balaban J connectivity index is 1.67. The van der Waals surface area contributed by atoms with E-state index < -0.39 is 5.82 Å². The molecule has 0 spiro atoms. The maximum absolute atomic E-state index is 13.4. The molecule has 0 aliphatic carbocycles. The second-order valence-electron chi connectivity index (χ2n) is 5.88. The molecule has 0 bridgehead atoms. The van der Waals surface area contributed by atoms with Gasteiger partial charge in [-0.3, -0.25) is 0 Å². The first-order chi connectivity index (χ1) is 13.2. The van der Waals surface area contributed by atoms with E-state index in [2.05, 4.69) is 31.3 Å². The van der Waals surface area contributed by atoms with Crippen molar-refractivity contribution in [3.05, 3.63) is 58.0 Å². The Morgan fingerprint density at radius 3 is 2.74 bits per heavy atom. The van der Waals surface area contributed by atoms with Gasteiger partial charge in [-0.2, -0.15) is 16.6 Å². The minimum absolute atomic E-state index is 0.0572. The van der Waals surface area contributed by atoms with Gasteiger partial charge in [0.25, 0.3) is 0 Å². The lowest BCUT2D eigenvalue weighted by Crippen LogP contribution is -1.96. The van der Waals surface area contributed by atoms with Gasteiger partial charge in [-0.15, -0.1) is 10.2 Å². The maximum Gasteiger partial charge on any atom is 0.204 e. The summed E-state index contributed by atoms with van der Waals surface area (Å²) < 4.78 is 13.4. The highest BCUT2D eigenvalue weighted by Gasteiger charge is 2.12. The van der Waals surface area contributed by atoms with E-state index in [0.29, 0.717) is 17.3 Å². The van der Waals surface area contributed by atoms with Gasteiger partial charge in [0.1, 0.15) is 11.6 Å². The summed E-state index contributed by atoms with van der Waals surface area (Å²) in [6.45, 7) is 0. The molecule has 9 heteroatoms. The Morgan fingerprint density at radius 1 is 1.04 bits per heavy atom. The number of hydrogen-bond acceptors (Lipinski definition) is 6. The molecule has 0 unspecified atom stereocenters. The number of halogens is 2. The fourth-order valence-electron chi connectivity index (χ4n) is 2.95. The highest BCUT2D eigenvalue weighted by atomic mass is 35.5. The number of pyridine rings is 1. The van der Waals surface area contributed by atoms with Crippen LogP contribution in [0.25, 0.3) is 33.1 Å². The maximum atomic E-state index is 13.4. The van der Waals surface area contributed by atoms with Crippen molar-refractivity contribution in [1.82, 2.24) is 25.6 Å². The number of nitrogens with zero attached hydrogens (tertiary/aromatic N) is 4. The normalized spacial score (nSPS) is 11.3. The van der Waals surface area contributed by atoms with E-state index in [0.717, 1.165) is 27.2 Å². The molecule has 0 radical (unpaired) electrons. The molecule has 3 aromatic heterocycles. The molecule has 5 aromatic rings. The fraction of sp³-hybridized carbons (Fsp3) is 0. The van der Waals surface area contributed by atoms with E-state index in [1.54, 1.807) is 17.4 Å². The zero-order chi connectivity index (χ0) is 18.4. The number of thiophene rings is 1. The lowest BCUT2D eigenvalue weighted by Gasteiger charge is -2.10. The molecule has 0 aliphatic heterocycles. The molecule has 27 heavy (non-hydrogen) atoms. The number of fused-ring (bicyclic) bond motifs is 3. The van der Waals surface area contributed by atoms with Crippen molar-refractivity contribution < 1.29 is 4.39 Å². The van der Waals surface area contributed by atoms with Crippen LogP contribution in [0.5, 0.6) is 0 Å². The third-order valence-electron chi connectivity index (χ3n) is 4.22. The van der Waals surface area contributed by atoms with Gasteiger partial charge in [-0.25, -0.2) is 9.37 Å². The lowest BCUT2D eigenvalue weighted by molar-refractivity contribution is 0.628. The van der Waals surface area contributed by atoms with Crippen LogP contribution in [-0.4, -0.2) is 25.6 Å². The Labute approximate surface area is 161 Å². The zero-order valence-electron chi connectivity index (χ0n) is 13.6. The molecular weight excluding hydrogens is 387 g/mol. The van der Waals surface area contributed by atoms with E-state index in [4.69, 9.17) is 16.6 Å². The first-order valence-electron chi connectivity index (χ1n) is 7.94. The third-order valence-corrected chi connectivity index (χ3v) is 5.26. The van der Waals surface area contributed by atoms with Crippen molar-refractivity contribution in [2.45, 2.75) is 0 Å². The molecule has 2 N–H and O–H groups in total. The minimum Gasteiger partial charge on any atom is -0.340 e. The second kappa shape index (κ2) is 6.26.